The van der Waals surface area contributed by atoms with Gasteiger partial charge in [0.1, 0.15) is 0 Å². The zero-order valence-corrected chi connectivity index (χ0v) is 13.4. The smallest absolute Gasteiger partial charge is 0.170 e. The summed E-state index contributed by atoms with van der Waals surface area (Å²) >= 11 is 0. The molecule has 0 atom stereocenters. The van der Waals surface area contributed by atoms with Crippen molar-refractivity contribution in [2.24, 2.45) is 5.92 Å². The minimum absolute atomic E-state index is 0.196. The van der Waals surface area contributed by atoms with Crippen molar-refractivity contribution in [3.8, 4) is 0 Å². The topological polar surface area (TPSA) is 28.2 Å². The highest BCUT2D eigenvalue weighted by atomic mass is 19.1. The molecule has 0 aliphatic heterocycles. The summed E-state index contributed by atoms with van der Waals surface area (Å²) in [6.45, 7) is 9.97. The van der Waals surface area contributed by atoms with Crippen molar-refractivity contribution < 1.29 is 4.39 Å². The van der Waals surface area contributed by atoms with E-state index in [9.17, 15) is 4.39 Å². The minimum Gasteiger partial charge on any atom is -0.354 e. The van der Waals surface area contributed by atoms with E-state index in [-0.39, 0.29) is 5.82 Å². The Balaban J connectivity index is 2.83. The molecule has 0 fully saturated rings. The predicted octanol–water partition coefficient (Wildman–Crippen LogP) is 3.59. The summed E-state index contributed by atoms with van der Waals surface area (Å²) in [6, 6.07) is 2.09. The van der Waals surface area contributed by atoms with Gasteiger partial charge in [-0.25, -0.2) is 9.37 Å². The second kappa shape index (κ2) is 8.20. The molecule has 0 bridgehead atoms. The SMILES string of the molecule is CCC(CC)N(C)c1nccc(CNCC(C)C)c1F. The van der Waals surface area contributed by atoms with Gasteiger partial charge in [0, 0.05) is 31.4 Å². The van der Waals surface area contributed by atoms with Crippen LogP contribution in [0.5, 0.6) is 0 Å². The number of rotatable bonds is 8. The number of halogens is 1. The van der Waals surface area contributed by atoms with Gasteiger partial charge in [-0.15, -0.1) is 0 Å². The van der Waals surface area contributed by atoms with Crippen LogP contribution in [0.3, 0.4) is 0 Å². The number of nitrogens with zero attached hydrogens (tertiary/aromatic N) is 2. The van der Waals surface area contributed by atoms with Gasteiger partial charge in [-0.3, -0.25) is 0 Å². The van der Waals surface area contributed by atoms with E-state index in [0.717, 1.165) is 19.4 Å². The van der Waals surface area contributed by atoms with Gasteiger partial charge >= 0.3 is 0 Å². The quantitative estimate of drug-likeness (QED) is 0.789. The molecule has 0 aliphatic carbocycles. The van der Waals surface area contributed by atoms with Crippen molar-refractivity contribution in [2.45, 2.75) is 53.1 Å². The molecule has 0 aliphatic rings. The van der Waals surface area contributed by atoms with Gasteiger partial charge in [0.05, 0.1) is 0 Å². The maximum absolute atomic E-state index is 14.5. The molecule has 3 nitrogen and oxygen atoms in total. The van der Waals surface area contributed by atoms with Crippen LogP contribution < -0.4 is 10.2 Å². The molecule has 1 aromatic rings. The van der Waals surface area contributed by atoms with Crippen LogP contribution >= 0.6 is 0 Å². The molecule has 1 aromatic heterocycles. The molecule has 0 saturated carbocycles. The normalized spacial score (nSPS) is 11.4. The Morgan fingerprint density at radius 3 is 2.50 bits per heavy atom. The van der Waals surface area contributed by atoms with Crippen molar-refractivity contribution in [2.75, 3.05) is 18.5 Å². The highest BCUT2D eigenvalue weighted by Gasteiger charge is 2.18. The van der Waals surface area contributed by atoms with Crippen molar-refractivity contribution in [1.82, 2.24) is 10.3 Å². The molecular weight excluding hydrogens is 253 g/mol. The Bertz CT molecular complexity index is 403. The van der Waals surface area contributed by atoms with E-state index < -0.39 is 0 Å². The van der Waals surface area contributed by atoms with Crippen molar-refractivity contribution >= 4 is 5.82 Å². The van der Waals surface area contributed by atoms with Gasteiger partial charge in [-0.05, 0) is 31.4 Å². The van der Waals surface area contributed by atoms with Crippen LogP contribution in [0.4, 0.5) is 10.2 Å². The largest absolute Gasteiger partial charge is 0.354 e. The Labute approximate surface area is 122 Å². The van der Waals surface area contributed by atoms with Gasteiger partial charge in [-0.1, -0.05) is 27.7 Å². The molecule has 0 spiro atoms. The minimum atomic E-state index is -0.196. The lowest BCUT2D eigenvalue weighted by Gasteiger charge is -2.28. The van der Waals surface area contributed by atoms with Crippen LogP contribution in [0.25, 0.3) is 0 Å². The zero-order chi connectivity index (χ0) is 15.1. The van der Waals surface area contributed by atoms with E-state index >= 15 is 0 Å². The van der Waals surface area contributed by atoms with Crippen LogP contribution in [-0.4, -0.2) is 24.6 Å². The second-order valence-electron chi connectivity index (χ2n) is 5.71. The van der Waals surface area contributed by atoms with Gasteiger partial charge in [0.15, 0.2) is 11.6 Å². The molecule has 0 amide bonds. The predicted molar refractivity (Wildman–Crippen MR) is 83.5 cm³/mol. The molecule has 4 heteroatoms. The maximum Gasteiger partial charge on any atom is 0.170 e. The second-order valence-corrected chi connectivity index (χ2v) is 5.71. The van der Waals surface area contributed by atoms with Gasteiger partial charge < -0.3 is 10.2 Å². The zero-order valence-electron chi connectivity index (χ0n) is 13.4. The van der Waals surface area contributed by atoms with Gasteiger partial charge in [-0.2, -0.15) is 0 Å². The average Bonchev–Trinajstić information content (AvgIpc) is 2.41. The van der Waals surface area contributed by atoms with Crippen molar-refractivity contribution in [3.63, 3.8) is 0 Å². The first kappa shape index (κ1) is 16.9. The van der Waals surface area contributed by atoms with Crippen LogP contribution in [0, 0.1) is 11.7 Å². The first-order valence-corrected chi connectivity index (χ1v) is 7.58. The standard InChI is InChI=1S/C16H28FN3/c1-6-14(7-2)20(5)16-15(17)13(8-9-19-16)11-18-10-12(3)4/h8-9,12,14,18H,6-7,10-11H2,1-5H3. The number of pyridine rings is 1. The molecule has 20 heavy (non-hydrogen) atoms. The average molecular weight is 281 g/mol. The Kier molecular flexibility index (Phi) is 6.93. The summed E-state index contributed by atoms with van der Waals surface area (Å²) in [4.78, 5) is 6.18. The molecule has 114 valence electrons. The molecule has 1 heterocycles. The Hall–Kier alpha value is -1.16. The van der Waals surface area contributed by atoms with Crippen LogP contribution in [0.1, 0.15) is 46.1 Å². The first-order chi connectivity index (χ1) is 9.51. The number of anilines is 1. The number of aromatic nitrogens is 1. The van der Waals surface area contributed by atoms with Gasteiger partial charge in [0.25, 0.3) is 0 Å². The summed E-state index contributed by atoms with van der Waals surface area (Å²) in [6.07, 6.45) is 3.68. The number of hydrogen-bond donors (Lipinski definition) is 1. The third kappa shape index (κ3) is 4.44. The summed E-state index contributed by atoms with van der Waals surface area (Å²) in [5, 5.41) is 3.28. The molecule has 0 saturated heterocycles. The third-order valence-corrected chi connectivity index (χ3v) is 3.64. The van der Waals surface area contributed by atoms with Crippen LogP contribution in [-0.2, 0) is 6.54 Å². The summed E-state index contributed by atoms with van der Waals surface area (Å²) in [7, 11) is 1.93. The van der Waals surface area contributed by atoms with Crippen molar-refractivity contribution in [3.05, 3.63) is 23.6 Å². The summed E-state index contributed by atoms with van der Waals surface area (Å²) in [5.41, 5.74) is 0.688. The maximum atomic E-state index is 14.5. The lowest BCUT2D eigenvalue weighted by atomic mass is 10.1. The van der Waals surface area contributed by atoms with Crippen molar-refractivity contribution in [1.29, 1.82) is 0 Å². The lowest BCUT2D eigenvalue weighted by Crippen LogP contribution is -2.32. The number of nitrogens with one attached hydrogen (secondary N) is 1. The third-order valence-electron chi connectivity index (χ3n) is 3.64. The molecule has 0 radical (unpaired) electrons. The van der Waals surface area contributed by atoms with Crippen LogP contribution in [0.2, 0.25) is 0 Å². The Morgan fingerprint density at radius 1 is 1.30 bits per heavy atom. The molecule has 0 unspecified atom stereocenters. The fourth-order valence-electron chi connectivity index (χ4n) is 2.36. The fourth-order valence-corrected chi connectivity index (χ4v) is 2.36. The molecular formula is C16H28FN3. The van der Waals surface area contributed by atoms with E-state index in [0.29, 0.717) is 29.9 Å². The fraction of sp³-hybridized carbons (Fsp3) is 0.688. The first-order valence-electron chi connectivity index (χ1n) is 7.58. The van der Waals surface area contributed by atoms with E-state index in [1.165, 1.54) is 0 Å². The van der Waals surface area contributed by atoms with Crippen LogP contribution in [0.15, 0.2) is 12.3 Å². The van der Waals surface area contributed by atoms with Gasteiger partial charge in [0.2, 0.25) is 0 Å². The summed E-state index contributed by atoms with van der Waals surface area (Å²) in [5.74, 6) is 0.826. The monoisotopic (exact) mass is 281 g/mol. The van der Waals surface area contributed by atoms with E-state index in [4.69, 9.17) is 0 Å². The van der Waals surface area contributed by atoms with E-state index in [2.05, 4.69) is 38.0 Å². The van der Waals surface area contributed by atoms with E-state index in [1.54, 1.807) is 12.3 Å². The Morgan fingerprint density at radius 2 is 1.95 bits per heavy atom. The summed E-state index contributed by atoms with van der Waals surface area (Å²) < 4.78 is 14.5. The highest BCUT2D eigenvalue weighted by molar-refractivity contribution is 5.43. The molecule has 1 N–H and O–H groups in total. The molecule has 0 aromatic carbocycles. The number of hydrogen-bond acceptors (Lipinski definition) is 3. The van der Waals surface area contributed by atoms with E-state index in [1.807, 2.05) is 11.9 Å². The lowest BCUT2D eigenvalue weighted by molar-refractivity contribution is 0.524. The molecule has 1 rings (SSSR count). The highest BCUT2D eigenvalue weighted by Crippen LogP contribution is 2.22.